The van der Waals surface area contributed by atoms with Gasteiger partial charge in [-0.25, -0.2) is 0 Å². The lowest BCUT2D eigenvalue weighted by molar-refractivity contribution is -0.0114. The number of hydrogen-bond acceptors (Lipinski definition) is 1. The predicted octanol–water partition coefficient (Wildman–Crippen LogP) is 5.50. The lowest BCUT2D eigenvalue weighted by atomic mass is 9.70. The molecule has 0 aromatic heterocycles. The van der Waals surface area contributed by atoms with E-state index in [2.05, 4.69) is 39.0 Å². The molecule has 0 aromatic rings. The van der Waals surface area contributed by atoms with E-state index in [1.807, 2.05) is 13.8 Å². The Hall–Kier alpha value is -0.560. The molecular formula is C20H34O. The molecule has 1 nitrogen and oxygen atoms in total. The summed E-state index contributed by atoms with van der Waals surface area (Å²) in [4.78, 5) is 0. The first-order valence-corrected chi connectivity index (χ1v) is 8.80. The van der Waals surface area contributed by atoms with E-state index in [1.165, 1.54) is 37.7 Å². The van der Waals surface area contributed by atoms with Gasteiger partial charge < -0.3 is 5.11 Å². The minimum atomic E-state index is -0.556. The Kier molecular flexibility index (Phi) is 5.03. The van der Waals surface area contributed by atoms with E-state index in [1.54, 1.807) is 0 Å². The van der Waals surface area contributed by atoms with Gasteiger partial charge in [0.05, 0.1) is 5.60 Å². The first-order valence-electron chi connectivity index (χ1n) is 8.80. The summed E-state index contributed by atoms with van der Waals surface area (Å²) in [5, 5.41) is 10.6. The van der Waals surface area contributed by atoms with Crippen molar-refractivity contribution in [2.45, 2.75) is 78.7 Å². The number of aliphatic hydroxyl groups is 1. The van der Waals surface area contributed by atoms with E-state index >= 15 is 0 Å². The fourth-order valence-corrected chi connectivity index (χ4v) is 4.45. The van der Waals surface area contributed by atoms with Gasteiger partial charge in [0, 0.05) is 0 Å². The van der Waals surface area contributed by atoms with Crippen molar-refractivity contribution in [3.63, 3.8) is 0 Å². The Bertz CT molecular complexity index is 412. The lowest BCUT2D eigenvalue weighted by Gasteiger charge is -2.37. The van der Waals surface area contributed by atoms with E-state index in [-0.39, 0.29) is 5.41 Å². The van der Waals surface area contributed by atoms with Crippen molar-refractivity contribution < 1.29 is 5.11 Å². The van der Waals surface area contributed by atoms with E-state index in [0.717, 1.165) is 6.42 Å². The van der Waals surface area contributed by atoms with Gasteiger partial charge in [-0.2, -0.15) is 0 Å². The van der Waals surface area contributed by atoms with Crippen LogP contribution < -0.4 is 0 Å². The van der Waals surface area contributed by atoms with Crippen LogP contribution in [0.1, 0.15) is 73.1 Å². The van der Waals surface area contributed by atoms with Crippen molar-refractivity contribution in [1.29, 1.82) is 0 Å². The fraction of sp³-hybridized carbons (Fsp3) is 0.800. The second-order valence-corrected chi connectivity index (χ2v) is 8.41. The maximum Gasteiger partial charge on any atom is 0.0622 e. The molecule has 21 heavy (non-hydrogen) atoms. The van der Waals surface area contributed by atoms with Gasteiger partial charge in [0.15, 0.2) is 0 Å². The minimum absolute atomic E-state index is 0.267. The van der Waals surface area contributed by atoms with Gasteiger partial charge in [-0.15, -0.1) is 0 Å². The molecule has 1 fully saturated rings. The molecule has 2 rings (SSSR count). The molecule has 0 aromatic carbocycles. The molecule has 120 valence electrons. The molecule has 0 aliphatic heterocycles. The molecule has 0 amide bonds. The first-order chi connectivity index (χ1) is 9.72. The summed E-state index contributed by atoms with van der Waals surface area (Å²) in [5.41, 5.74) is 1.25. The number of hydrogen-bond donors (Lipinski definition) is 1. The van der Waals surface area contributed by atoms with Crippen molar-refractivity contribution in [1.82, 2.24) is 0 Å². The highest BCUT2D eigenvalue weighted by Crippen LogP contribution is 2.53. The summed E-state index contributed by atoms with van der Waals surface area (Å²) < 4.78 is 0. The summed E-state index contributed by atoms with van der Waals surface area (Å²) in [6.45, 7) is 11.0. The minimum Gasteiger partial charge on any atom is -0.390 e. The molecule has 1 N–H and O–H groups in total. The molecule has 2 aliphatic carbocycles. The van der Waals surface area contributed by atoms with Crippen LogP contribution in [0, 0.1) is 23.2 Å². The maximum absolute atomic E-state index is 10.6. The van der Waals surface area contributed by atoms with Crippen LogP contribution in [0.15, 0.2) is 23.8 Å². The summed E-state index contributed by atoms with van der Waals surface area (Å²) >= 11 is 0. The predicted molar refractivity (Wildman–Crippen MR) is 91.1 cm³/mol. The Morgan fingerprint density at radius 1 is 1.24 bits per heavy atom. The average Bonchev–Trinajstić information content (AvgIpc) is 2.70. The fourth-order valence-electron chi connectivity index (χ4n) is 4.45. The summed E-state index contributed by atoms with van der Waals surface area (Å²) in [6, 6.07) is 0. The maximum atomic E-state index is 10.6. The molecule has 1 heteroatoms. The third kappa shape index (κ3) is 4.00. The van der Waals surface area contributed by atoms with Crippen LogP contribution in [0.3, 0.4) is 0 Å². The summed E-state index contributed by atoms with van der Waals surface area (Å²) in [7, 11) is 0. The molecular weight excluding hydrogens is 256 g/mol. The monoisotopic (exact) mass is 290 g/mol. The third-order valence-corrected chi connectivity index (χ3v) is 6.00. The largest absolute Gasteiger partial charge is 0.390 e. The van der Waals surface area contributed by atoms with Gasteiger partial charge >= 0.3 is 0 Å². The highest BCUT2D eigenvalue weighted by atomic mass is 16.3. The van der Waals surface area contributed by atoms with Crippen molar-refractivity contribution in [3.8, 4) is 0 Å². The van der Waals surface area contributed by atoms with Crippen molar-refractivity contribution in [2.75, 3.05) is 0 Å². The van der Waals surface area contributed by atoms with Gasteiger partial charge in [-0.05, 0) is 82.5 Å². The number of rotatable bonds is 1. The zero-order valence-electron chi connectivity index (χ0n) is 14.7. The van der Waals surface area contributed by atoms with Crippen LogP contribution in [0.25, 0.3) is 0 Å². The molecule has 0 unspecified atom stereocenters. The standard InChI is InChI=1S/C20H34O/c1-15-7-6-8-16(2)11-13-20(5)14-12-17(19(3,4)21)18(20)10-9-15/h7,11,13,16-18,21H,6,8-10,12,14H2,1-5H3/b13-11+,15-7+/t16-,17+,18-,20-/m1/s1. The third-order valence-electron chi connectivity index (χ3n) is 6.00. The molecule has 0 radical (unpaired) electrons. The number of fused-ring (bicyclic) bond motifs is 1. The van der Waals surface area contributed by atoms with Crippen molar-refractivity contribution in [3.05, 3.63) is 23.8 Å². The van der Waals surface area contributed by atoms with Crippen molar-refractivity contribution in [2.24, 2.45) is 23.2 Å². The van der Waals surface area contributed by atoms with Gasteiger partial charge in [-0.1, -0.05) is 37.6 Å². The smallest absolute Gasteiger partial charge is 0.0622 e. The Balaban J connectivity index is 2.29. The first kappa shape index (κ1) is 16.8. The topological polar surface area (TPSA) is 20.2 Å². The quantitative estimate of drug-likeness (QED) is 0.632. The second kappa shape index (κ2) is 6.28. The average molecular weight is 290 g/mol. The normalized spacial score (nSPS) is 42.6. The molecule has 0 saturated heterocycles. The Morgan fingerprint density at radius 3 is 2.62 bits per heavy atom. The van der Waals surface area contributed by atoms with Gasteiger partial charge in [-0.3, -0.25) is 0 Å². The van der Waals surface area contributed by atoms with Crippen LogP contribution in [-0.4, -0.2) is 10.7 Å². The van der Waals surface area contributed by atoms with E-state index < -0.39 is 5.60 Å². The van der Waals surface area contributed by atoms with Crippen LogP contribution in [0.5, 0.6) is 0 Å². The summed E-state index contributed by atoms with van der Waals surface area (Å²) in [6.07, 6.45) is 14.6. The van der Waals surface area contributed by atoms with Crippen LogP contribution in [0.2, 0.25) is 0 Å². The number of allylic oxidation sites excluding steroid dienone is 4. The lowest BCUT2D eigenvalue weighted by Crippen LogP contribution is -2.37. The van der Waals surface area contributed by atoms with E-state index in [0.29, 0.717) is 17.8 Å². The SMILES string of the molecule is C/C1=C\CC[C@@H](C)/C=C/[C@]2(C)CC[C@H](C(C)(C)O)[C@H]2CC1. The van der Waals surface area contributed by atoms with Gasteiger partial charge in [0.25, 0.3) is 0 Å². The zero-order chi connectivity index (χ0) is 15.7. The molecule has 4 atom stereocenters. The summed E-state index contributed by atoms with van der Waals surface area (Å²) in [5.74, 6) is 1.68. The molecule has 0 heterocycles. The zero-order valence-corrected chi connectivity index (χ0v) is 14.7. The van der Waals surface area contributed by atoms with Crippen molar-refractivity contribution >= 4 is 0 Å². The molecule has 0 bridgehead atoms. The van der Waals surface area contributed by atoms with E-state index in [4.69, 9.17) is 0 Å². The van der Waals surface area contributed by atoms with Crippen LogP contribution in [0.4, 0.5) is 0 Å². The second-order valence-electron chi connectivity index (χ2n) is 8.41. The molecule has 0 spiro atoms. The highest BCUT2D eigenvalue weighted by molar-refractivity contribution is 5.11. The molecule has 1 saturated carbocycles. The molecule has 2 aliphatic rings. The Morgan fingerprint density at radius 2 is 1.95 bits per heavy atom. The Labute approximate surface area is 131 Å². The van der Waals surface area contributed by atoms with Crippen LogP contribution in [-0.2, 0) is 0 Å². The van der Waals surface area contributed by atoms with E-state index in [9.17, 15) is 5.11 Å². The van der Waals surface area contributed by atoms with Gasteiger partial charge in [0.1, 0.15) is 0 Å². The van der Waals surface area contributed by atoms with Gasteiger partial charge in [0.2, 0.25) is 0 Å². The highest BCUT2D eigenvalue weighted by Gasteiger charge is 2.48. The van der Waals surface area contributed by atoms with Crippen LogP contribution >= 0.6 is 0 Å².